The summed E-state index contributed by atoms with van der Waals surface area (Å²) in [6, 6.07) is 11.5. The summed E-state index contributed by atoms with van der Waals surface area (Å²) in [5.74, 6) is -1.15. The van der Waals surface area contributed by atoms with Crippen LogP contribution in [-0.2, 0) is 20.7 Å². The van der Waals surface area contributed by atoms with Gasteiger partial charge in [0, 0.05) is 5.56 Å². The van der Waals surface area contributed by atoms with Crippen molar-refractivity contribution in [3.05, 3.63) is 70.7 Å². The van der Waals surface area contributed by atoms with Gasteiger partial charge >= 0.3 is 0 Å². The molecular weight excluding hydrogens is 439 g/mol. The maximum atomic E-state index is 15.1. The number of hydrogen-bond donors (Lipinski definition) is 0. The van der Waals surface area contributed by atoms with Crippen LogP contribution in [0.15, 0.2) is 53.8 Å². The van der Waals surface area contributed by atoms with Crippen LogP contribution in [0.4, 0.5) is 9.52 Å². The molecule has 6 rings (SSSR count). The molecule has 7 heteroatoms. The van der Waals surface area contributed by atoms with Crippen molar-refractivity contribution in [1.82, 2.24) is 4.98 Å². The van der Waals surface area contributed by atoms with Crippen molar-refractivity contribution < 1.29 is 18.7 Å². The Hall–Kier alpha value is -3.06. The molecule has 1 fully saturated rings. The van der Waals surface area contributed by atoms with Gasteiger partial charge in [0.05, 0.1) is 21.7 Å². The third-order valence-corrected chi connectivity index (χ3v) is 8.04. The number of nitrogens with zero attached hydrogens (tertiary/aromatic N) is 2. The van der Waals surface area contributed by atoms with Crippen molar-refractivity contribution in [2.24, 2.45) is 5.92 Å². The summed E-state index contributed by atoms with van der Waals surface area (Å²) in [5.41, 5.74) is 2.52. The van der Waals surface area contributed by atoms with Gasteiger partial charge in [0.1, 0.15) is 18.0 Å². The maximum absolute atomic E-state index is 15.1. The number of fused-ring (bicyclic) bond motifs is 2. The topological polar surface area (TPSA) is 59.5 Å². The zero-order valence-corrected chi connectivity index (χ0v) is 19.0. The van der Waals surface area contributed by atoms with Crippen molar-refractivity contribution >= 4 is 38.4 Å². The second kappa shape index (κ2) is 7.76. The summed E-state index contributed by atoms with van der Waals surface area (Å²) >= 11 is 1.38. The number of amides is 1. The van der Waals surface area contributed by atoms with E-state index in [9.17, 15) is 9.59 Å². The van der Waals surface area contributed by atoms with Crippen LogP contribution in [0.25, 0.3) is 10.2 Å². The third kappa shape index (κ3) is 3.13. The number of rotatable bonds is 3. The van der Waals surface area contributed by atoms with Gasteiger partial charge in [-0.3, -0.25) is 14.5 Å². The van der Waals surface area contributed by atoms with Crippen molar-refractivity contribution in [2.45, 2.75) is 51.2 Å². The summed E-state index contributed by atoms with van der Waals surface area (Å²) in [5, 5.41) is 0.449. The molecule has 0 radical (unpaired) electrons. The van der Waals surface area contributed by atoms with Crippen LogP contribution < -0.4 is 4.90 Å². The second-order valence-corrected chi connectivity index (χ2v) is 9.91. The van der Waals surface area contributed by atoms with E-state index in [4.69, 9.17) is 9.72 Å². The number of Topliss-reactive ketones (excluding diaryl/α,β-unsaturated/α-hetero) is 1. The zero-order chi connectivity index (χ0) is 22.7. The van der Waals surface area contributed by atoms with E-state index in [-0.39, 0.29) is 34.7 Å². The Morgan fingerprint density at radius 2 is 1.97 bits per heavy atom. The Labute approximate surface area is 194 Å². The van der Waals surface area contributed by atoms with Gasteiger partial charge in [0.2, 0.25) is 0 Å². The number of aromatic nitrogens is 1. The minimum atomic E-state index is -0.879. The predicted molar refractivity (Wildman–Crippen MR) is 124 cm³/mol. The second-order valence-electron chi connectivity index (χ2n) is 8.91. The Kier molecular flexibility index (Phi) is 4.83. The molecule has 0 N–H and O–H groups in total. The third-order valence-electron chi connectivity index (χ3n) is 7.02. The first kappa shape index (κ1) is 20.5. The molecule has 3 aliphatic rings. The van der Waals surface area contributed by atoms with Crippen molar-refractivity contribution in [2.75, 3.05) is 4.90 Å². The molecule has 1 aromatic heterocycles. The first-order valence-electron chi connectivity index (χ1n) is 11.5. The van der Waals surface area contributed by atoms with E-state index in [1.54, 1.807) is 18.2 Å². The molecule has 1 saturated carbocycles. The summed E-state index contributed by atoms with van der Waals surface area (Å²) in [6.45, 7) is 2.09. The van der Waals surface area contributed by atoms with E-state index in [0.717, 1.165) is 42.3 Å². The van der Waals surface area contributed by atoms with Gasteiger partial charge in [0.25, 0.3) is 5.91 Å². The fourth-order valence-electron chi connectivity index (χ4n) is 5.31. The minimum absolute atomic E-state index is 0.0740. The number of halogens is 1. The molecule has 3 heterocycles. The molecule has 3 aromatic rings. The van der Waals surface area contributed by atoms with E-state index >= 15 is 4.39 Å². The van der Waals surface area contributed by atoms with Gasteiger partial charge in [-0.1, -0.05) is 48.9 Å². The molecule has 168 valence electrons. The lowest BCUT2D eigenvalue weighted by molar-refractivity contribution is -0.131. The summed E-state index contributed by atoms with van der Waals surface area (Å²) in [7, 11) is 0. The highest BCUT2D eigenvalue weighted by Crippen LogP contribution is 2.49. The molecule has 33 heavy (non-hydrogen) atoms. The van der Waals surface area contributed by atoms with Crippen LogP contribution in [0.3, 0.4) is 0 Å². The quantitative estimate of drug-likeness (QED) is 0.516. The zero-order valence-electron chi connectivity index (χ0n) is 18.2. The molecule has 3 unspecified atom stereocenters. The van der Waals surface area contributed by atoms with Gasteiger partial charge in [-0.2, -0.15) is 0 Å². The van der Waals surface area contributed by atoms with E-state index < -0.39 is 17.8 Å². The SMILES string of the molecule is CCc1ccc2nc(N3C(=O)C4=C(C(=O)C5CCCCC5O4)C3c3ccccc3F)sc2c1. The van der Waals surface area contributed by atoms with Gasteiger partial charge in [-0.05, 0) is 49.4 Å². The lowest BCUT2D eigenvalue weighted by Gasteiger charge is -2.35. The Morgan fingerprint density at radius 1 is 1.15 bits per heavy atom. The van der Waals surface area contributed by atoms with Crippen LogP contribution in [0.5, 0.6) is 0 Å². The number of anilines is 1. The Balaban J connectivity index is 1.52. The summed E-state index contributed by atoms with van der Waals surface area (Å²) in [6.07, 6.45) is 4.04. The summed E-state index contributed by atoms with van der Waals surface area (Å²) in [4.78, 5) is 33.5. The summed E-state index contributed by atoms with van der Waals surface area (Å²) < 4.78 is 22.2. The number of carbonyl (C=O) groups excluding carboxylic acids is 2. The van der Waals surface area contributed by atoms with Gasteiger partial charge in [0.15, 0.2) is 16.7 Å². The largest absolute Gasteiger partial charge is 0.483 e. The van der Waals surface area contributed by atoms with E-state index in [0.29, 0.717) is 5.13 Å². The van der Waals surface area contributed by atoms with Crippen molar-refractivity contribution in [1.29, 1.82) is 0 Å². The molecule has 1 amide bonds. The maximum Gasteiger partial charge on any atom is 0.296 e. The van der Waals surface area contributed by atoms with Gasteiger partial charge in [-0.25, -0.2) is 9.37 Å². The lowest BCUT2D eigenvalue weighted by Crippen LogP contribution is -2.39. The highest BCUT2D eigenvalue weighted by Gasteiger charge is 2.53. The monoisotopic (exact) mass is 462 g/mol. The molecule has 5 nitrogen and oxygen atoms in total. The lowest BCUT2D eigenvalue weighted by atomic mass is 9.77. The number of benzene rings is 2. The van der Waals surface area contributed by atoms with E-state index in [2.05, 4.69) is 13.0 Å². The van der Waals surface area contributed by atoms with Crippen LogP contribution in [-0.4, -0.2) is 22.8 Å². The normalized spacial score (nSPS) is 24.8. The molecule has 2 aliphatic heterocycles. The standard InChI is InChI=1S/C26H23FN2O3S/c1-2-14-11-12-18-20(13-14)33-26(28-18)29-22(15-7-3-5-9-17(15)27)21-23(30)16-8-4-6-10-19(16)32-24(21)25(29)31/h3,5,7,9,11-13,16,19,22H,2,4,6,8,10H2,1H3. The van der Waals surface area contributed by atoms with Crippen LogP contribution in [0.1, 0.15) is 49.8 Å². The minimum Gasteiger partial charge on any atom is -0.483 e. The number of ketones is 1. The van der Waals surface area contributed by atoms with Crippen LogP contribution in [0.2, 0.25) is 0 Å². The molecule has 2 aromatic carbocycles. The molecular formula is C26H23FN2O3S. The molecule has 3 atom stereocenters. The molecule has 0 bridgehead atoms. The van der Waals surface area contributed by atoms with Gasteiger partial charge in [-0.15, -0.1) is 0 Å². The fraction of sp³-hybridized carbons (Fsp3) is 0.346. The number of ether oxygens (including phenoxy) is 1. The molecule has 0 saturated heterocycles. The number of hydrogen-bond acceptors (Lipinski definition) is 5. The van der Waals surface area contributed by atoms with Crippen molar-refractivity contribution in [3.8, 4) is 0 Å². The molecule has 1 aliphatic carbocycles. The molecule has 0 spiro atoms. The predicted octanol–water partition coefficient (Wildman–Crippen LogP) is 5.50. The van der Waals surface area contributed by atoms with Gasteiger partial charge < -0.3 is 4.74 Å². The highest BCUT2D eigenvalue weighted by molar-refractivity contribution is 7.22. The van der Waals surface area contributed by atoms with Crippen LogP contribution in [0, 0.1) is 11.7 Å². The highest BCUT2D eigenvalue weighted by atomic mass is 32.1. The number of thiazole rings is 1. The number of carbonyl (C=O) groups is 2. The van der Waals surface area contributed by atoms with Crippen molar-refractivity contribution in [3.63, 3.8) is 0 Å². The van der Waals surface area contributed by atoms with E-state index in [1.807, 2.05) is 12.1 Å². The Morgan fingerprint density at radius 3 is 2.79 bits per heavy atom. The average molecular weight is 463 g/mol. The smallest absolute Gasteiger partial charge is 0.296 e. The van der Waals surface area contributed by atoms with Crippen LogP contribution >= 0.6 is 11.3 Å². The number of aryl methyl sites for hydroxylation is 1. The fourth-order valence-corrected chi connectivity index (χ4v) is 6.37. The average Bonchev–Trinajstić information content (AvgIpc) is 3.37. The van der Waals surface area contributed by atoms with E-state index in [1.165, 1.54) is 27.9 Å². The Bertz CT molecular complexity index is 1330. The first-order valence-corrected chi connectivity index (χ1v) is 12.3. The first-order chi connectivity index (χ1) is 16.1.